The number of nitrogens with zero attached hydrogens (tertiary/aromatic N) is 5. The van der Waals surface area contributed by atoms with E-state index in [1.54, 1.807) is 47.4 Å². The van der Waals surface area contributed by atoms with Crippen LogP contribution in [0.2, 0.25) is 5.02 Å². The molecule has 1 amide bonds. The van der Waals surface area contributed by atoms with Crippen molar-refractivity contribution in [3.63, 3.8) is 0 Å². The maximum absolute atomic E-state index is 13.7. The lowest BCUT2D eigenvalue weighted by Crippen LogP contribution is -2.61. The zero-order chi connectivity index (χ0) is 27.0. The molecule has 0 radical (unpaired) electrons. The highest BCUT2D eigenvalue weighted by Gasteiger charge is 2.40. The van der Waals surface area contributed by atoms with Crippen molar-refractivity contribution in [2.45, 2.75) is 16.8 Å². The minimum absolute atomic E-state index is 0.196. The molecule has 1 unspecified atom stereocenters. The molecule has 3 aromatic rings. The van der Waals surface area contributed by atoms with Crippen molar-refractivity contribution < 1.29 is 13.2 Å². The van der Waals surface area contributed by atoms with Crippen LogP contribution < -0.4 is 5.73 Å². The van der Waals surface area contributed by atoms with Gasteiger partial charge in [0.25, 0.3) is 10.0 Å². The van der Waals surface area contributed by atoms with Gasteiger partial charge in [-0.05, 0) is 48.3 Å². The Morgan fingerprint density at radius 3 is 2.61 bits per heavy atom. The van der Waals surface area contributed by atoms with E-state index in [9.17, 15) is 18.5 Å². The minimum Gasteiger partial charge on any atom is -0.398 e. The second kappa shape index (κ2) is 10.8. The lowest BCUT2D eigenvalue weighted by molar-refractivity contribution is -0.139. The molecule has 2 N–H and O–H groups in total. The number of rotatable bonds is 6. The van der Waals surface area contributed by atoms with Crippen LogP contribution in [-0.4, -0.2) is 92.2 Å². The maximum atomic E-state index is 13.7. The number of likely N-dealkylation sites (N-methyl/N-ethyl adjacent to an activating group) is 1. The molecule has 12 heteroatoms. The number of thiophene rings is 1. The summed E-state index contributed by atoms with van der Waals surface area (Å²) < 4.78 is 29.7. The molecule has 1 aromatic heterocycles. The van der Waals surface area contributed by atoms with Gasteiger partial charge < -0.3 is 15.5 Å². The number of hydrogen-bond donors (Lipinski definition) is 1. The molecule has 2 aromatic carbocycles. The van der Waals surface area contributed by atoms with Gasteiger partial charge in [-0.1, -0.05) is 23.7 Å². The Kier molecular flexibility index (Phi) is 7.64. The highest BCUT2D eigenvalue weighted by molar-refractivity contribution is 7.91. The topological polar surface area (TPSA) is 114 Å². The van der Waals surface area contributed by atoms with Crippen LogP contribution in [0.4, 0.5) is 5.69 Å². The van der Waals surface area contributed by atoms with Crippen molar-refractivity contribution in [1.82, 2.24) is 19.0 Å². The average molecular weight is 573 g/mol. The highest BCUT2D eigenvalue weighted by atomic mass is 35.5. The number of amides is 1. The zero-order valence-corrected chi connectivity index (χ0v) is 23.4. The van der Waals surface area contributed by atoms with Crippen LogP contribution in [0, 0.1) is 11.3 Å². The Hall–Kier alpha value is -2.72. The number of benzene rings is 2. The summed E-state index contributed by atoms with van der Waals surface area (Å²) >= 11 is 7.27. The molecule has 0 bridgehead atoms. The van der Waals surface area contributed by atoms with E-state index < -0.39 is 10.0 Å². The Morgan fingerprint density at radius 1 is 1.13 bits per heavy atom. The summed E-state index contributed by atoms with van der Waals surface area (Å²) in [7, 11) is -1.81. The predicted molar refractivity (Wildman–Crippen MR) is 149 cm³/mol. The third-order valence-electron chi connectivity index (χ3n) is 7.19. The van der Waals surface area contributed by atoms with Gasteiger partial charge in [0.1, 0.15) is 10.3 Å². The molecule has 200 valence electrons. The Labute approximate surface area is 231 Å². The molecule has 2 saturated heterocycles. The van der Waals surface area contributed by atoms with Gasteiger partial charge >= 0.3 is 0 Å². The van der Waals surface area contributed by atoms with E-state index in [4.69, 9.17) is 17.3 Å². The predicted octanol–water partition coefficient (Wildman–Crippen LogP) is 2.66. The number of sulfonamides is 1. The number of nitriles is 1. The fourth-order valence-corrected chi connectivity index (χ4v) is 8.23. The Bertz CT molecular complexity index is 1510. The molecular weight excluding hydrogens is 544 g/mol. The van der Waals surface area contributed by atoms with Crippen molar-refractivity contribution in [1.29, 1.82) is 5.26 Å². The summed E-state index contributed by atoms with van der Waals surface area (Å²) in [4.78, 5) is 19.8. The largest absolute Gasteiger partial charge is 0.398 e. The number of hydrogen-bond acceptors (Lipinski definition) is 8. The van der Waals surface area contributed by atoms with Gasteiger partial charge in [0.2, 0.25) is 5.91 Å². The molecule has 3 heterocycles. The van der Waals surface area contributed by atoms with E-state index in [0.717, 1.165) is 53.2 Å². The number of fused-ring (bicyclic) bond motifs is 1. The van der Waals surface area contributed by atoms with Crippen molar-refractivity contribution in [2.24, 2.45) is 0 Å². The smallest absolute Gasteiger partial charge is 0.253 e. The van der Waals surface area contributed by atoms with Gasteiger partial charge in [0.15, 0.2) is 0 Å². The van der Waals surface area contributed by atoms with Crippen molar-refractivity contribution in [2.75, 3.05) is 58.6 Å². The third kappa shape index (κ3) is 5.52. The van der Waals surface area contributed by atoms with E-state index >= 15 is 0 Å². The number of nitrogen functional groups attached to an aromatic ring is 1. The Morgan fingerprint density at radius 2 is 1.89 bits per heavy atom. The van der Waals surface area contributed by atoms with Crippen LogP contribution in [0.25, 0.3) is 10.1 Å². The van der Waals surface area contributed by atoms with Gasteiger partial charge in [-0.25, -0.2) is 8.42 Å². The molecule has 0 aliphatic carbocycles. The van der Waals surface area contributed by atoms with Gasteiger partial charge in [-0.15, -0.1) is 11.3 Å². The van der Waals surface area contributed by atoms with E-state index in [-0.39, 0.29) is 29.2 Å². The van der Waals surface area contributed by atoms with Crippen LogP contribution in [0.1, 0.15) is 11.1 Å². The molecular formula is C26H29ClN6O3S2. The summed E-state index contributed by atoms with van der Waals surface area (Å²) in [5, 5.41) is 10.5. The summed E-state index contributed by atoms with van der Waals surface area (Å²) in [5.41, 5.74) is 7.57. The molecule has 5 rings (SSSR count). The first-order valence-corrected chi connectivity index (χ1v) is 15.0. The van der Waals surface area contributed by atoms with Gasteiger partial charge in [0, 0.05) is 61.2 Å². The standard InChI is InChI=1S/C26H29ClN6O3S2/c1-30-6-8-31(9-7-30)15-22-16-32(38(35,36)26-11-19-4-5-21(27)12-24(19)37-26)17-25(34)33(22)14-18-2-3-20(13-28)23(29)10-18/h2-5,10-12,22H,6-9,14-17,29H2,1H3. The Balaban J connectivity index is 1.42. The number of carbonyl (C=O) groups excluding carboxylic acids is 1. The first-order chi connectivity index (χ1) is 18.1. The molecule has 0 saturated carbocycles. The first kappa shape index (κ1) is 26.9. The monoisotopic (exact) mass is 572 g/mol. The summed E-state index contributed by atoms with van der Waals surface area (Å²) in [6, 6.07) is 13.8. The fraction of sp³-hybridized carbons (Fsp3) is 0.385. The van der Waals surface area contributed by atoms with Crippen molar-refractivity contribution >= 4 is 54.6 Å². The van der Waals surface area contributed by atoms with E-state index in [0.29, 0.717) is 29.4 Å². The first-order valence-electron chi connectivity index (χ1n) is 12.3. The second-order valence-electron chi connectivity index (χ2n) is 9.86. The molecule has 0 spiro atoms. The van der Waals surface area contributed by atoms with E-state index in [2.05, 4.69) is 22.9 Å². The summed E-state index contributed by atoms with van der Waals surface area (Å²) in [5.74, 6) is -0.258. The lowest BCUT2D eigenvalue weighted by Gasteiger charge is -2.43. The normalized spacial score (nSPS) is 20.2. The number of nitrogens with two attached hydrogens (primary N) is 1. The quantitative estimate of drug-likeness (QED) is 0.452. The molecule has 38 heavy (non-hydrogen) atoms. The molecule has 2 aliphatic heterocycles. The molecule has 9 nitrogen and oxygen atoms in total. The van der Waals surface area contributed by atoms with Crippen LogP contribution in [0.15, 0.2) is 46.7 Å². The minimum atomic E-state index is -3.89. The van der Waals surface area contributed by atoms with Gasteiger partial charge in [0.05, 0.1) is 18.2 Å². The van der Waals surface area contributed by atoms with Crippen LogP contribution in [-0.2, 0) is 21.4 Å². The number of piperazine rings is 2. The zero-order valence-electron chi connectivity index (χ0n) is 21.0. The molecule has 2 fully saturated rings. The lowest BCUT2D eigenvalue weighted by atomic mass is 10.1. The van der Waals surface area contributed by atoms with E-state index in [1.165, 1.54) is 4.31 Å². The van der Waals surface area contributed by atoms with E-state index in [1.807, 2.05) is 0 Å². The number of anilines is 1. The fourth-order valence-electron chi connectivity index (χ4n) is 4.97. The summed E-state index contributed by atoms with van der Waals surface area (Å²) in [6.45, 7) is 4.36. The SMILES string of the molecule is CN1CCN(CC2CN(S(=O)(=O)c3cc4ccc(Cl)cc4s3)CC(=O)N2Cc2ccc(C#N)c(N)c2)CC1. The third-order valence-corrected chi connectivity index (χ3v) is 10.8. The van der Waals surface area contributed by atoms with Crippen molar-refractivity contribution in [3.05, 3.63) is 58.6 Å². The number of halogens is 1. The number of carbonyl (C=O) groups is 1. The van der Waals surface area contributed by atoms with Crippen LogP contribution in [0.3, 0.4) is 0 Å². The van der Waals surface area contributed by atoms with Crippen LogP contribution in [0.5, 0.6) is 0 Å². The summed E-state index contributed by atoms with van der Waals surface area (Å²) in [6.07, 6.45) is 0. The van der Waals surface area contributed by atoms with Crippen molar-refractivity contribution in [3.8, 4) is 6.07 Å². The maximum Gasteiger partial charge on any atom is 0.253 e. The van der Waals surface area contributed by atoms with Gasteiger partial charge in [-0.3, -0.25) is 9.69 Å². The van der Waals surface area contributed by atoms with Gasteiger partial charge in [-0.2, -0.15) is 9.57 Å². The molecule has 1 atom stereocenters. The highest BCUT2D eigenvalue weighted by Crippen LogP contribution is 2.34. The second-order valence-corrected chi connectivity index (χ2v) is 13.5. The molecule has 2 aliphatic rings. The average Bonchev–Trinajstić information content (AvgIpc) is 3.31. The van der Waals surface area contributed by atoms with Crippen LogP contribution >= 0.6 is 22.9 Å².